The van der Waals surface area contributed by atoms with Crippen molar-refractivity contribution in [2.45, 2.75) is 5.92 Å². The van der Waals surface area contributed by atoms with Gasteiger partial charge < -0.3 is 0 Å². The molecule has 0 spiro atoms. The molecule has 0 N–H and O–H groups in total. The molecule has 15 heavy (non-hydrogen) atoms. The van der Waals surface area contributed by atoms with Crippen LogP contribution in [0.15, 0.2) is 18.2 Å². The molecule has 0 fully saturated rings. The molecule has 0 radical (unpaired) electrons. The largest absolute Gasteiger partial charge is 0.422 e. The molecule has 1 aromatic carbocycles. The zero-order valence-corrected chi connectivity index (χ0v) is 6.94. The van der Waals surface area contributed by atoms with E-state index in [2.05, 4.69) is 4.94 Å². The van der Waals surface area contributed by atoms with Gasteiger partial charge in [-0.3, -0.25) is 0 Å². The molecule has 0 heterocycles. The monoisotopic (exact) mass is 226 g/mol. The van der Waals surface area contributed by atoms with E-state index in [1.54, 1.807) is 0 Å². The Balaban J connectivity index is 3.27. The van der Waals surface area contributed by atoms with Gasteiger partial charge in [0, 0.05) is 4.53 Å². The Morgan fingerprint density at radius 2 is 1.87 bits per heavy atom. The van der Waals surface area contributed by atoms with Gasteiger partial charge in [-0.1, -0.05) is 6.07 Å². The summed E-state index contributed by atoms with van der Waals surface area (Å²) < 4.78 is 62.3. The number of halogens is 5. The zero-order valence-electron chi connectivity index (χ0n) is 6.94. The first-order valence-electron chi connectivity index (χ1n) is 3.56. The smallest absolute Gasteiger partial charge is 0.247 e. The molecule has 0 aromatic heterocycles. The van der Waals surface area contributed by atoms with Gasteiger partial charge in [-0.25, -0.2) is 18.5 Å². The van der Waals surface area contributed by atoms with Crippen LogP contribution in [0, 0.1) is 11.6 Å². The summed E-state index contributed by atoms with van der Waals surface area (Å²) in [5.74, 6) is -10.7. The van der Waals surface area contributed by atoms with Crippen LogP contribution in [0.25, 0.3) is 0 Å². The summed E-state index contributed by atoms with van der Waals surface area (Å²) in [7, 11) is 0. The Bertz CT molecular complexity index is 391. The summed E-state index contributed by atoms with van der Waals surface area (Å²) in [5, 5.41) is 0. The maximum Gasteiger partial charge on any atom is 0.422 e. The van der Waals surface area contributed by atoms with Crippen molar-refractivity contribution in [2.24, 2.45) is 0 Å². The minimum atomic E-state index is -4.57. The lowest BCUT2D eigenvalue weighted by molar-refractivity contribution is -0.213. The molecule has 0 aliphatic carbocycles. The van der Waals surface area contributed by atoms with Crippen LogP contribution in [0.2, 0.25) is 0 Å². The minimum Gasteiger partial charge on any atom is -0.247 e. The Morgan fingerprint density at radius 1 is 1.27 bits per heavy atom. The third-order valence-electron chi connectivity index (χ3n) is 1.62. The van der Waals surface area contributed by atoms with Crippen LogP contribution in [0.5, 0.6) is 0 Å². The second kappa shape index (κ2) is 3.84. The van der Waals surface area contributed by atoms with Crippen LogP contribution in [0.1, 0.15) is 5.56 Å². The molecule has 2 nitrogen and oxygen atoms in total. The fraction of sp³-hybridized carbons (Fsp3) is 0.125. The number of carbonyl (C=O) groups is 1. The van der Waals surface area contributed by atoms with Crippen molar-refractivity contribution in [1.82, 2.24) is 0 Å². The molecule has 0 atom stereocenters. The van der Waals surface area contributed by atoms with Crippen molar-refractivity contribution in [1.29, 1.82) is 0 Å². The molecular formula is C8H3F5O2. The van der Waals surface area contributed by atoms with Crippen molar-refractivity contribution in [3.63, 3.8) is 0 Å². The standard InChI is InChI=1S/C8H3F5O2/c9-5-3-1-2-4(6(5)10)8(11,12)7(14)15-13/h1-3H. The molecule has 0 saturated carbocycles. The van der Waals surface area contributed by atoms with Crippen molar-refractivity contribution in [3.8, 4) is 0 Å². The molecule has 0 amide bonds. The van der Waals surface area contributed by atoms with Crippen LogP contribution in [-0.2, 0) is 15.7 Å². The van der Waals surface area contributed by atoms with Gasteiger partial charge in [-0.05, 0) is 12.1 Å². The van der Waals surface area contributed by atoms with Crippen molar-refractivity contribution in [2.75, 3.05) is 0 Å². The van der Waals surface area contributed by atoms with Gasteiger partial charge in [0.1, 0.15) is 0 Å². The van der Waals surface area contributed by atoms with E-state index in [1.165, 1.54) is 0 Å². The number of carbonyl (C=O) groups excluding carboxylic acids is 1. The minimum absolute atomic E-state index is 0.454. The van der Waals surface area contributed by atoms with E-state index >= 15 is 0 Å². The second-order valence-corrected chi connectivity index (χ2v) is 2.54. The van der Waals surface area contributed by atoms with Crippen LogP contribution in [-0.4, -0.2) is 5.97 Å². The summed E-state index contributed by atoms with van der Waals surface area (Å²) in [6, 6.07) is 1.79. The lowest BCUT2D eigenvalue weighted by atomic mass is 10.1. The Kier molecular flexibility index (Phi) is 2.92. The molecule has 0 bridgehead atoms. The molecule has 1 aromatic rings. The van der Waals surface area contributed by atoms with E-state index in [-0.39, 0.29) is 0 Å². The lowest BCUT2D eigenvalue weighted by Crippen LogP contribution is -2.27. The maximum atomic E-state index is 12.9. The summed E-state index contributed by atoms with van der Waals surface area (Å²) in [6.07, 6.45) is 0. The number of alkyl halides is 2. The first kappa shape index (κ1) is 11.4. The van der Waals surface area contributed by atoms with Crippen molar-refractivity contribution >= 4 is 5.97 Å². The number of benzene rings is 1. The van der Waals surface area contributed by atoms with Crippen molar-refractivity contribution in [3.05, 3.63) is 35.4 Å². The Morgan fingerprint density at radius 3 is 2.40 bits per heavy atom. The van der Waals surface area contributed by atoms with Gasteiger partial charge in [0.2, 0.25) is 0 Å². The molecule has 0 saturated heterocycles. The Labute approximate surface area is 80.2 Å². The number of hydrogen-bond donors (Lipinski definition) is 0. The third kappa shape index (κ3) is 1.90. The first-order chi connectivity index (χ1) is 6.91. The molecule has 1 rings (SSSR count). The quantitative estimate of drug-likeness (QED) is 0.724. The van der Waals surface area contributed by atoms with E-state index in [1.807, 2.05) is 0 Å². The highest BCUT2D eigenvalue weighted by Crippen LogP contribution is 2.32. The summed E-state index contributed by atoms with van der Waals surface area (Å²) in [5.41, 5.74) is -1.58. The molecule has 0 aliphatic heterocycles. The number of rotatable bonds is 2. The normalized spacial score (nSPS) is 11.3. The van der Waals surface area contributed by atoms with Gasteiger partial charge in [0.15, 0.2) is 11.6 Å². The molecular weight excluding hydrogens is 223 g/mol. The highest BCUT2D eigenvalue weighted by atomic mass is 19.3. The van der Waals surface area contributed by atoms with Crippen LogP contribution in [0.3, 0.4) is 0 Å². The van der Waals surface area contributed by atoms with E-state index in [9.17, 15) is 26.9 Å². The van der Waals surface area contributed by atoms with Gasteiger partial charge >= 0.3 is 11.9 Å². The highest BCUT2D eigenvalue weighted by Gasteiger charge is 2.46. The average molecular weight is 226 g/mol. The highest BCUT2D eigenvalue weighted by molar-refractivity contribution is 5.78. The molecule has 0 unspecified atom stereocenters. The summed E-state index contributed by atoms with van der Waals surface area (Å²) >= 11 is 0. The second-order valence-electron chi connectivity index (χ2n) is 2.54. The third-order valence-corrected chi connectivity index (χ3v) is 1.62. The molecule has 82 valence electrons. The molecule has 7 heteroatoms. The summed E-state index contributed by atoms with van der Waals surface area (Å²) in [4.78, 5) is 12.5. The maximum absolute atomic E-state index is 12.9. The van der Waals surface area contributed by atoms with E-state index < -0.39 is 29.1 Å². The molecule has 0 aliphatic rings. The predicted octanol–water partition coefficient (Wildman–Crippen LogP) is 2.48. The van der Waals surface area contributed by atoms with E-state index in [0.29, 0.717) is 12.1 Å². The average Bonchev–Trinajstić information content (AvgIpc) is 2.20. The van der Waals surface area contributed by atoms with Gasteiger partial charge in [-0.15, -0.1) is 0 Å². The van der Waals surface area contributed by atoms with Crippen LogP contribution >= 0.6 is 0 Å². The van der Waals surface area contributed by atoms with E-state index in [4.69, 9.17) is 0 Å². The van der Waals surface area contributed by atoms with Crippen LogP contribution < -0.4 is 0 Å². The first-order valence-corrected chi connectivity index (χ1v) is 3.56. The van der Waals surface area contributed by atoms with Gasteiger partial charge in [0.05, 0.1) is 5.56 Å². The summed E-state index contributed by atoms with van der Waals surface area (Å²) in [6.45, 7) is 0. The fourth-order valence-corrected chi connectivity index (χ4v) is 0.905. The predicted molar refractivity (Wildman–Crippen MR) is 37.5 cm³/mol. The zero-order chi connectivity index (χ0) is 11.6. The fourth-order valence-electron chi connectivity index (χ4n) is 0.905. The van der Waals surface area contributed by atoms with Crippen molar-refractivity contribution < 1.29 is 31.8 Å². The SMILES string of the molecule is O=C(OF)C(F)(F)c1cccc(F)c1F. The van der Waals surface area contributed by atoms with Crippen LogP contribution in [0.4, 0.5) is 22.1 Å². The van der Waals surface area contributed by atoms with Gasteiger partial charge in [-0.2, -0.15) is 8.78 Å². The lowest BCUT2D eigenvalue weighted by Gasteiger charge is -2.12. The topological polar surface area (TPSA) is 26.3 Å². The van der Waals surface area contributed by atoms with Gasteiger partial charge in [0.25, 0.3) is 0 Å². The Hall–Kier alpha value is -1.66. The van der Waals surface area contributed by atoms with E-state index in [0.717, 1.165) is 6.07 Å². The number of hydrogen-bond acceptors (Lipinski definition) is 2.